The molecule has 0 bridgehead atoms. The largest absolute Gasteiger partial charge is 0.483 e. The van der Waals surface area contributed by atoms with Crippen molar-refractivity contribution in [3.05, 3.63) is 28.3 Å². The molecule has 1 fully saturated rings. The molecule has 15 heavy (non-hydrogen) atoms. The van der Waals surface area contributed by atoms with Crippen LogP contribution in [0.1, 0.15) is 18.6 Å². The van der Waals surface area contributed by atoms with Crippen molar-refractivity contribution in [2.75, 3.05) is 13.1 Å². The molecule has 0 unspecified atom stereocenters. The van der Waals surface area contributed by atoms with Crippen molar-refractivity contribution in [3.63, 3.8) is 0 Å². The molecule has 0 spiro atoms. The lowest BCUT2D eigenvalue weighted by Crippen LogP contribution is -2.35. The van der Waals surface area contributed by atoms with E-state index in [1.165, 1.54) is 12.3 Å². The van der Waals surface area contributed by atoms with Crippen molar-refractivity contribution in [1.82, 2.24) is 5.32 Å². The zero-order valence-electron chi connectivity index (χ0n) is 8.79. The second-order valence-electron chi connectivity index (χ2n) is 3.74. The number of rotatable bonds is 2. The summed E-state index contributed by atoms with van der Waals surface area (Å²) in [6.45, 7) is 3.64. The maximum atomic E-state index is 11.5. The molecular formula is C11H15NO3. The predicted octanol–water partition coefficient (Wildman–Crippen LogP) is 1.08. The Bertz CT molecular complexity index is 380. The third-order valence-electron chi connectivity index (χ3n) is 2.58. The second kappa shape index (κ2) is 4.49. The predicted molar refractivity (Wildman–Crippen MR) is 56.2 cm³/mol. The normalized spacial score (nSPS) is 17.7. The molecule has 0 radical (unpaired) electrons. The lowest BCUT2D eigenvalue weighted by atomic mass is 10.1. The number of hydrogen-bond donors (Lipinski definition) is 1. The van der Waals surface area contributed by atoms with Gasteiger partial charge in [0.1, 0.15) is 11.9 Å². The monoisotopic (exact) mass is 209 g/mol. The first kappa shape index (κ1) is 10.2. The van der Waals surface area contributed by atoms with Gasteiger partial charge in [-0.25, -0.2) is 0 Å². The number of hydrogen-bond acceptors (Lipinski definition) is 4. The number of aryl methyl sites for hydroxylation is 1. The summed E-state index contributed by atoms with van der Waals surface area (Å²) in [6, 6.07) is 1.39. The van der Waals surface area contributed by atoms with Gasteiger partial charge in [0.2, 0.25) is 11.2 Å². The van der Waals surface area contributed by atoms with Crippen LogP contribution in [0.2, 0.25) is 0 Å². The van der Waals surface area contributed by atoms with Gasteiger partial charge in [-0.3, -0.25) is 4.79 Å². The zero-order chi connectivity index (χ0) is 10.7. The van der Waals surface area contributed by atoms with E-state index in [9.17, 15) is 4.79 Å². The Balaban J connectivity index is 2.12. The highest BCUT2D eigenvalue weighted by molar-refractivity contribution is 5.23. The summed E-state index contributed by atoms with van der Waals surface area (Å²) in [4.78, 5) is 11.5. The lowest BCUT2D eigenvalue weighted by molar-refractivity contribution is 0.155. The molecule has 4 heteroatoms. The van der Waals surface area contributed by atoms with E-state index >= 15 is 0 Å². The van der Waals surface area contributed by atoms with Gasteiger partial charge in [0.15, 0.2) is 0 Å². The van der Waals surface area contributed by atoms with Gasteiger partial charge in [-0.2, -0.15) is 0 Å². The smallest absolute Gasteiger partial charge is 0.227 e. The van der Waals surface area contributed by atoms with Crippen LogP contribution in [0.25, 0.3) is 0 Å². The minimum absolute atomic E-state index is 0.0997. The third-order valence-corrected chi connectivity index (χ3v) is 2.58. The van der Waals surface area contributed by atoms with Crippen molar-refractivity contribution >= 4 is 0 Å². The van der Waals surface area contributed by atoms with Gasteiger partial charge in [0.25, 0.3) is 0 Å². The summed E-state index contributed by atoms with van der Waals surface area (Å²) >= 11 is 0. The minimum atomic E-state index is -0.0997. The van der Waals surface area contributed by atoms with Crippen LogP contribution < -0.4 is 15.5 Å². The van der Waals surface area contributed by atoms with Gasteiger partial charge in [0, 0.05) is 6.07 Å². The van der Waals surface area contributed by atoms with Crippen molar-refractivity contribution < 1.29 is 9.15 Å². The quantitative estimate of drug-likeness (QED) is 0.791. The number of piperidine rings is 1. The molecule has 1 aromatic rings. The summed E-state index contributed by atoms with van der Waals surface area (Å²) in [7, 11) is 0. The molecule has 2 rings (SSSR count). The molecule has 0 atom stereocenters. The van der Waals surface area contributed by atoms with Crippen LogP contribution in [-0.4, -0.2) is 19.2 Å². The third kappa shape index (κ3) is 2.39. The molecule has 1 aliphatic rings. The molecule has 0 aromatic carbocycles. The van der Waals surface area contributed by atoms with Crippen LogP contribution >= 0.6 is 0 Å². The average Bonchev–Trinajstić information content (AvgIpc) is 2.25. The van der Waals surface area contributed by atoms with Crippen molar-refractivity contribution in [2.45, 2.75) is 25.9 Å². The molecule has 0 amide bonds. The van der Waals surface area contributed by atoms with Crippen LogP contribution in [0.3, 0.4) is 0 Å². The molecular weight excluding hydrogens is 194 g/mol. The molecule has 1 aliphatic heterocycles. The zero-order valence-corrected chi connectivity index (χ0v) is 8.79. The highest BCUT2D eigenvalue weighted by Crippen LogP contribution is 2.16. The number of nitrogens with one attached hydrogen (secondary N) is 1. The highest BCUT2D eigenvalue weighted by atomic mass is 16.5. The first-order valence-electron chi connectivity index (χ1n) is 5.23. The van der Waals surface area contributed by atoms with Gasteiger partial charge in [-0.15, -0.1) is 0 Å². The van der Waals surface area contributed by atoms with Crippen molar-refractivity contribution in [1.29, 1.82) is 0 Å². The molecule has 82 valence electrons. The van der Waals surface area contributed by atoms with Gasteiger partial charge in [0.05, 0.1) is 6.26 Å². The minimum Gasteiger partial charge on any atom is -0.483 e. The van der Waals surface area contributed by atoms with Gasteiger partial charge in [-0.05, 0) is 32.9 Å². The van der Waals surface area contributed by atoms with Crippen LogP contribution in [-0.2, 0) is 0 Å². The first-order valence-corrected chi connectivity index (χ1v) is 5.23. The molecule has 2 heterocycles. The molecule has 4 nitrogen and oxygen atoms in total. The molecule has 1 saturated heterocycles. The SMILES string of the molecule is Cc1occc(=O)c1OC1CCNCC1. The topological polar surface area (TPSA) is 51.5 Å². The Morgan fingerprint density at radius 3 is 2.87 bits per heavy atom. The number of ether oxygens (including phenoxy) is 1. The Kier molecular flexibility index (Phi) is 3.06. The maximum absolute atomic E-state index is 11.5. The van der Waals surface area contributed by atoms with E-state index in [0.29, 0.717) is 11.5 Å². The molecule has 1 N–H and O–H groups in total. The second-order valence-corrected chi connectivity index (χ2v) is 3.74. The summed E-state index contributed by atoms with van der Waals surface area (Å²) in [5.74, 6) is 0.922. The van der Waals surface area contributed by atoms with Gasteiger partial charge >= 0.3 is 0 Å². The molecule has 0 aliphatic carbocycles. The van der Waals surface area contributed by atoms with Crippen LogP contribution in [0.4, 0.5) is 0 Å². The van der Waals surface area contributed by atoms with Crippen molar-refractivity contribution in [2.24, 2.45) is 0 Å². The Morgan fingerprint density at radius 1 is 1.47 bits per heavy atom. The fourth-order valence-corrected chi connectivity index (χ4v) is 1.72. The van der Waals surface area contributed by atoms with Crippen LogP contribution in [0.5, 0.6) is 5.75 Å². The summed E-state index contributed by atoms with van der Waals surface area (Å²) in [6.07, 6.45) is 3.41. The Hall–Kier alpha value is -1.29. The van der Waals surface area contributed by atoms with E-state index < -0.39 is 0 Å². The van der Waals surface area contributed by atoms with E-state index in [-0.39, 0.29) is 11.5 Å². The van der Waals surface area contributed by atoms with Gasteiger partial charge in [-0.1, -0.05) is 0 Å². The fourth-order valence-electron chi connectivity index (χ4n) is 1.72. The van der Waals surface area contributed by atoms with Crippen LogP contribution in [0, 0.1) is 6.92 Å². The van der Waals surface area contributed by atoms with E-state index in [0.717, 1.165) is 25.9 Å². The van der Waals surface area contributed by atoms with Gasteiger partial charge < -0.3 is 14.5 Å². The highest BCUT2D eigenvalue weighted by Gasteiger charge is 2.17. The Morgan fingerprint density at radius 2 is 2.20 bits per heavy atom. The van der Waals surface area contributed by atoms with E-state index in [2.05, 4.69) is 5.32 Å². The standard InChI is InChI=1S/C11H15NO3/c1-8-11(10(13)4-7-14-8)15-9-2-5-12-6-3-9/h4,7,9,12H,2-3,5-6H2,1H3. The first-order chi connectivity index (χ1) is 7.27. The molecule has 1 aromatic heterocycles. The summed E-state index contributed by atoms with van der Waals surface area (Å²) < 4.78 is 10.8. The summed E-state index contributed by atoms with van der Waals surface area (Å²) in [5, 5.41) is 3.25. The van der Waals surface area contributed by atoms with E-state index in [1.807, 2.05) is 0 Å². The lowest BCUT2D eigenvalue weighted by Gasteiger charge is -2.23. The van der Waals surface area contributed by atoms with Crippen molar-refractivity contribution in [3.8, 4) is 5.75 Å². The fraction of sp³-hybridized carbons (Fsp3) is 0.545. The van der Waals surface area contributed by atoms with E-state index in [1.54, 1.807) is 6.92 Å². The van der Waals surface area contributed by atoms with Crippen LogP contribution in [0.15, 0.2) is 21.5 Å². The molecule has 0 saturated carbocycles. The Labute approximate surface area is 88.2 Å². The van der Waals surface area contributed by atoms with E-state index in [4.69, 9.17) is 9.15 Å². The average molecular weight is 209 g/mol. The maximum Gasteiger partial charge on any atom is 0.227 e. The summed E-state index contributed by atoms with van der Waals surface area (Å²) in [5.41, 5.74) is -0.0997.